The predicted molar refractivity (Wildman–Crippen MR) is 110 cm³/mol. The van der Waals surface area contributed by atoms with Crippen molar-refractivity contribution in [3.8, 4) is 10.6 Å². The van der Waals surface area contributed by atoms with Crippen molar-refractivity contribution in [3.05, 3.63) is 81.3 Å². The van der Waals surface area contributed by atoms with Gasteiger partial charge in [0.15, 0.2) is 0 Å². The Hall–Kier alpha value is -3.04. The van der Waals surface area contributed by atoms with Gasteiger partial charge in [0.05, 0.1) is 28.7 Å². The monoisotopic (exact) mass is 430 g/mol. The van der Waals surface area contributed by atoms with E-state index in [9.17, 15) is 18.0 Å². The molecular weight excluding hydrogens is 413 g/mol. The lowest BCUT2D eigenvalue weighted by Gasteiger charge is -2.14. The van der Waals surface area contributed by atoms with E-state index in [0.717, 1.165) is 17.8 Å². The third-order valence-electron chi connectivity index (χ3n) is 4.52. The topological polar surface area (TPSA) is 61.9 Å². The number of nitrogens with zero attached hydrogens (tertiary/aromatic N) is 3. The number of fused-ring (bicyclic) bond motifs is 1. The Morgan fingerprint density at radius 3 is 2.50 bits per heavy atom. The summed E-state index contributed by atoms with van der Waals surface area (Å²) >= 11 is 1.38. The van der Waals surface area contributed by atoms with Crippen LogP contribution >= 0.6 is 11.3 Å². The van der Waals surface area contributed by atoms with E-state index in [1.54, 1.807) is 18.2 Å². The quantitative estimate of drug-likeness (QED) is 0.499. The number of alkyl halides is 3. The highest BCUT2D eigenvalue weighted by molar-refractivity contribution is 7.13. The zero-order valence-electron chi connectivity index (χ0n) is 15.9. The normalized spacial score (nSPS) is 12.0. The Morgan fingerprint density at radius 1 is 1.03 bits per heavy atom. The molecule has 9 heteroatoms. The number of aromatic amines is 1. The van der Waals surface area contributed by atoms with Crippen LogP contribution in [0, 0.1) is 0 Å². The third-order valence-corrected chi connectivity index (χ3v) is 5.46. The van der Waals surface area contributed by atoms with Crippen LogP contribution in [0.5, 0.6) is 0 Å². The molecule has 4 aromatic rings. The van der Waals surface area contributed by atoms with Crippen LogP contribution < -0.4 is 5.56 Å². The number of benzene rings is 2. The van der Waals surface area contributed by atoms with E-state index in [4.69, 9.17) is 0 Å². The summed E-state index contributed by atoms with van der Waals surface area (Å²) < 4.78 is 38.1. The lowest BCUT2D eigenvalue weighted by molar-refractivity contribution is -0.137. The van der Waals surface area contributed by atoms with E-state index in [-0.39, 0.29) is 5.56 Å². The minimum atomic E-state index is -4.35. The van der Waals surface area contributed by atoms with Crippen molar-refractivity contribution in [2.75, 3.05) is 7.05 Å². The molecule has 5 nitrogen and oxygen atoms in total. The van der Waals surface area contributed by atoms with E-state index >= 15 is 0 Å². The van der Waals surface area contributed by atoms with Gasteiger partial charge in [-0.3, -0.25) is 9.69 Å². The second-order valence-corrected chi connectivity index (χ2v) is 7.78. The summed E-state index contributed by atoms with van der Waals surface area (Å²) in [5, 5.41) is 3.08. The van der Waals surface area contributed by atoms with Gasteiger partial charge in [0.2, 0.25) is 0 Å². The molecule has 0 spiro atoms. The fourth-order valence-electron chi connectivity index (χ4n) is 3.11. The molecule has 0 radical (unpaired) electrons. The fraction of sp³-hybridized carbons (Fsp3) is 0.190. The van der Waals surface area contributed by atoms with Crippen LogP contribution in [0.1, 0.15) is 17.1 Å². The fourth-order valence-corrected chi connectivity index (χ4v) is 3.93. The average molecular weight is 430 g/mol. The van der Waals surface area contributed by atoms with E-state index in [1.165, 1.54) is 23.5 Å². The average Bonchev–Trinajstić information content (AvgIpc) is 3.16. The van der Waals surface area contributed by atoms with Gasteiger partial charge in [-0.2, -0.15) is 13.2 Å². The van der Waals surface area contributed by atoms with E-state index in [2.05, 4.69) is 15.0 Å². The highest BCUT2D eigenvalue weighted by atomic mass is 32.1. The highest BCUT2D eigenvalue weighted by Crippen LogP contribution is 2.31. The lowest BCUT2D eigenvalue weighted by atomic mass is 10.1. The standard InChI is InChI=1S/C21H17F3N4OS/c1-28(11-18-26-17-5-3-2-4-16(17)19(29)27-18)10-15-12-30-20(25-15)13-6-8-14(9-7-13)21(22,23)24/h2-9,12H,10-11H2,1H3,(H,26,27,29). The number of thiazole rings is 1. The van der Waals surface area contributed by atoms with Crippen LogP contribution in [0.2, 0.25) is 0 Å². The molecule has 0 aliphatic rings. The highest BCUT2D eigenvalue weighted by Gasteiger charge is 2.30. The first-order valence-corrected chi connectivity index (χ1v) is 9.96. The Labute approximate surface area is 173 Å². The van der Waals surface area contributed by atoms with Crippen molar-refractivity contribution in [1.82, 2.24) is 19.9 Å². The number of H-pyrrole nitrogens is 1. The minimum absolute atomic E-state index is 0.178. The van der Waals surface area contributed by atoms with Crippen molar-refractivity contribution < 1.29 is 13.2 Å². The summed E-state index contributed by atoms with van der Waals surface area (Å²) in [7, 11) is 1.88. The number of halogens is 3. The largest absolute Gasteiger partial charge is 0.416 e. The first-order chi connectivity index (χ1) is 14.3. The molecule has 0 bridgehead atoms. The summed E-state index contributed by atoms with van der Waals surface area (Å²) in [6.07, 6.45) is -4.35. The second-order valence-electron chi connectivity index (χ2n) is 6.92. The molecule has 1 N–H and O–H groups in total. The molecule has 0 aliphatic carbocycles. The SMILES string of the molecule is CN(Cc1csc(-c2ccc(C(F)(F)F)cc2)n1)Cc1nc2ccccc2c(=O)[nH]1. The van der Waals surface area contributed by atoms with Crippen LogP contribution in [0.15, 0.2) is 58.7 Å². The molecule has 154 valence electrons. The van der Waals surface area contributed by atoms with Crippen molar-refractivity contribution in [1.29, 1.82) is 0 Å². The molecule has 0 atom stereocenters. The predicted octanol–water partition coefficient (Wildman–Crippen LogP) is 4.70. The first kappa shape index (κ1) is 20.2. The van der Waals surface area contributed by atoms with Crippen LogP contribution in [0.4, 0.5) is 13.2 Å². The number of nitrogens with one attached hydrogen (secondary N) is 1. The Balaban J connectivity index is 1.45. The van der Waals surface area contributed by atoms with Gasteiger partial charge >= 0.3 is 6.18 Å². The number of para-hydroxylation sites is 1. The Bertz CT molecular complexity index is 1230. The van der Waals surface area contributed by atoms with Crippen molar-refractivity contribution in [3.63, 3.8) is 0 Å². The summed E-state index contributed by atoms with van der Waals surface area (Å²) in [6, 6.07) is 12.1. The van der Waals surface area contributed by atoms with Gasteiger partial charge in [-0.25, -0.2) is 9.97 Å². The zero-order valence-corrected chi connectivity index (χ0v) is 16.7. The molecule has 0 amide bonds. The summed E-state index contributed by atoms with van der Waals surface area (Å²) in [5.41, 5.74) is 1.22. The lowest BCUT2D eigenvalue weighted by Crippen LogP contribution is -2.22. The van der Waals surface area contributed by atoms with Crippen molar-refractivity contribution in [2.45, 2.75) is 19.3 Å². The first-order valence-electron chi connectivity index (χ1n) is 9.08. The molecule has 0 saturated heterocycles. The molecular formula is C21H17F3N4OS. The maximum absolute atomic E-state index is 12.7. The van der Waals surface area contributed by atoms with Crippen molar-refractivity contribution >= 4 is 22.2 Å². The maximum Gasteiger partial charge on any atom is 0.416 e. The van der Waals surface area contributed by atoms with E-state index in [0.29, 0.717) is 40.4 Å². The van der Waals surface area contributed by atoms with E-state index in [1.807, 2.05) is 23.4 Å². The molecule has 2 aromatic heterocycles. The number of aromatic nitrogens is 3. The van der Waals surface area contributed by atoms with Gasteiger partial charge in [0.25, 0.3) is 5.56 Å². The molecule has 0 unspecified atom stereocenters. The van der Waals surface area contributed by atoms with Crippen LogP contribution in [0.3, 0.4) is 0 Å². The Morgan fingerprint density at radius 2 is 1.77 bits per heavy atom. The number of rotatable bonds is 5. The third kappa shape index (κ3) is 4.42. The van der Waals surface area contributed by atoms with Crippen LogP contribution in [-0.2, 0) is 19.3 Å². The molecule has 0 aliphatic heterocycles. The number of hydrogen-bond donors (Lipinski definition) is 1. The molecule has 2 heterocycles. The van der Waals surface area contributed by atoms with Crippen molar-refractivity contribution in [2.24, 2.45) is 0 Å². The molecule has 4 rings (SSSR count). The van der Waals surface area contributed by atoms with E-state index < -0.39 is 11.7 Å². The van der Waals surface area contributed by atoms with Gasteiger partial charge in [-0.1, -0.05) is 24.3 Å². The summed E-state index contributed by atoms with van der Waals surface area (Å²) in [5.74, 6) is 0.555. The summed E-state index contributed by atoms with van der Waals surface area (Å²) in [4.78, 5) is 26.0. The van der Waals surface area contributed by atoms with Gasteiger partial charge in [-0.05, 0) is 31.3 Å². The minimum Gasteiger partial charge on any atom is -0.309 e. The molecule has 2 aromatic carbocycles. The van der Waals surface area contributed by atoms with Gasteiger partial charge in [-0.15, -0.1) is 11.3 Å². The van der Waals surface area contributed by atoms with Crippen LogP contribution in [-0.4, -0.2) is 26.9 Å². The van der Waals surface area contributed by atoms with Gasteiger partial charge in [0.1, 0.15) is 10.8 Å². The number of hydrogen-bond acceptors (Lipinski definition) is 5. The van der Waals surface area contributed by atoms with Gasteiger partial charge < -0.3 is 4.98 Å². The second kappa shape index (κ2) is 8.00. The molecule has 0 saturated carbocycles. The van der Waals surface area contributed by atoms with Crippen LogP contribution in [0.25, 0.3) is 21.5 Å². The summed E-state index contributed by atoms with van der Waals surface area (Å²) in [6.45, 7) is 0.931. The zero-order chi connectivity index (χ0) is 21.3. The maximum atomic E-state index is 12.7. The van der Waals surface area contributed by atoms with Gasteiger partial charge in [0, 0.05) is 17.5 Å². The molecule has 30 heavy (non-hydrogen) atoms. The smallest absolute Gasteiger partial charge is 0.309 e. The Kier molecular flexibility index (Phi) is 5.40. The molecule has 0 fully saturated rings.